The van der Waals surface area contributed by atoms with Crippen LogP contribution in [-0.4, -0.2) is 21.7 Å². The highest BCUT2D eigenvalue weighted by Crippen LogP contribution is 2.01. The molecule has 0 aliphatic heterocycles. The summed E-state index contributed by atoms with van der Waals surface area (Å²) < 4.78 is 7.27. The summed E-state index contributed by atoms with van der Waals surface area (Å²) in [4.78, 5) is 35.1. The van der Waals surface area contributed by atoms with Crippen LogP contribution in [0.25, 0.3) is 12.2 Å². The lowest BCUT2D eigenvalue weighted by atomic mass is 10.2. The van der Waals surface area contributed by atoms with Gasteiger partial charge in [0.15, 0.2) is 0 Å². The molecule has 0 atom stereocenters. The van der Waals surface area contributed by atoms with Crippen molar-refractivity contribution in [2.75, 3.05) is 6.61 Å². The van der Waals surface area contributed by atoms with Gasteiger partial charge in [-0.3, -0.25) is 9.36 Å². The standard InChI is InChI=1S/C18H18N2O4/c1-19-13-15(17(22)20(2)18(19)23)10-11-16(21)24-12-6-9-14-7-4-3-5-8-14/h3-11,13H,12H2,1-2H3/b9-6+,11-10+. The lowest BCUT2D eigenvalue weighted by Crippen LogP contribution is -2.37. The van der Waals surface area contributed by atoms with Crippen LogP contribution in [-0.2, 0) is 23.6 Å². The number of carbonyl (C=O) groups is 1. The van der Waals surface area contributed by atoms with Gasteiger partial charge in [-0.05, 0) is 17.7 Å². The fourth-order valence-corrected chi connectivity index (χ4v) is 2.04. The van der Waals surface area contributed by atoms with Gasteiger partial charge in [-0.2, -0.15) is 0 Å². The molecule has 124 valence electrons. The average Bonchev–Trinajstić information content (AvgIpc) is 2.59. The first-order valence-corrected chi connectivity index (χ1v) is 7.32. The average molecular weight is 326 g/mol. The zero-order valence-corrected chi connectivity index (χ0v) is 13.5. The second kappa shape index (κ2) is 7.92. The summed E-state index contributed by atoms with van der Waals surface area (Å²) in [5.74, 6) is -0.566. The van der Waals surface area contributed by atoms with Crippen LogP contribution < -0.4 is 11.2 Å². The zero-order valence-electron chi connectivity index (χ0n) is 13.5. The van der Waals surface area contributed by atoms with Crippen LogP contribution in [0.15, 0.2) is 58.3 Å². The Bertz CT molecular complexity index is 889. The van der Waals surface area contributed by atoms with Crippen molar-refractivity contribution in [1.29, 1.82) is 0 Å². The molecule has 0 aliphatic carbocycles. The molecule has 6 heteroatoms. The molecule has 1 heterocycles. The number of benzene rings is 1. The Morgan fingerprint density at radius 3 is 2.54 bits per heavy atom. The maximum absolute atomic E-state index is 11.9. The number of aryl methyl sites for hydroxylation is 1. The Morgan fingerprint density at radius 1 is 1.12 bits per heavy atom. The van der Waals surface area contributed by atoms with Gasteiger partial charge in [0.25, 0.3) is 5.56 Å². The van der Waals surface area contributed by atoms with Crippen LogP contribution in [0, 0.1) is 0 Å². The molecule has 0 amide bonds. The van der Waals surface area contributed by atoms with Crippen LogP contribution >= 0.6 is 0 Å². The number of carbonyl (C=O) groups excluding carboxylic acids is 1. The molecule has 0 N–H and O–H groups in total. The largest absolute Gasteiger partial charge is 0.458 e. The normalized spacial score (nSPS) is 11.2. The Morgan fingerprint density at radius 2 is 1.83 bits per heavy atom. The number of nitrogens with zero attached hydrogens (tertiary/aromatic N) is 2. The van der Waals surface area contributed by atoms with Crippen LogP contribution in [0.1, 0.15) is 11.1 Å². The first-order chi connectivity index (χ1) is 11.5. The first-order valence-electron chi connectivity index (χ1n) is 7.32. The van der Waals surface area contributed by atoms with Gasteiger partial charge in [0.1, 0.15) is 6.61 Å². The first kappa shape index (κ1) is 17.2. The van der Waals surface area contributed by atoms with Crippen molar-refractivity contribution in [1.82, 2.24) is 9.13 Å². The molecule has 6 nitrogen and oxygen atoms in total. The minimum Gasteiger partial charge on any atom is -0.458 e. The molecule has 2 aromatic rings. The van der Waals surface area contributed by atoms with E-state index in [-0.39, 0.29) is 12.2 Å². The Labute approximate surface area is 138 Å². The fraction of sp³-hybridized carbons (Fsp3) is 0.167. The van der Waals surface area contributed by atoms with Gasteiger partial charge in [-0.15, -0.1) is 0 Å². The highest BCUT2D eigenvalue weighted by atomic mass is 16.5. The van der Waals surface area contributed by atoms with E-state index in [9.17, 15) is 14.4 Å². The lowest BCUT2D eigenvalue weighted by Gasteiger charge is -2.03. The predicted molar refractivity (Wildman–Crippen MR) is 92.4 cm³/mol. The second-order valence-corrected chi connectivity index (χ2v) is 5.12. The molecule has 0 aliphatic rings. The second-order valence-electron chi connectivity index (χ2n) is 5.12. The van der Waals surface area contributed by atoms with Crippen LogP contribution in [0.2, 0.25) is 0 Å². The number of rotatable bonds is 5. The molecule has 0 bridgehead atoms. The van der Waals surface area contributed by atoms with Crippen molar-refractivity contribution in [2.45, 2.75) is 0 Å². The highest BCUT2D eigenvalue weighted by molar-refractivity contribution is 5.87. The van der Waals surface area contributed by atoms with Crippen molar-refractivity contribution >= 4 is 18.1 Å². The minimum atomic E-state index is -0.566. The predicted octanol–water partition coefficient (Wildman–Crippen LogP) is 1.35. The van der Waals surface area contributed by atoms with Crippen molar-refractivity contribution in [3.05, 3.63) is 80.6 Å². The number of aromatic nitrogens is 2. The van der Waals surface area contributed by atoms with E-state index in [0.717, 1.165) is 16.2 Å². The van der Waals surface area contributed by atoms with Crippen molar-refractivity contribution in [3.63, 3.8) is 0 Å². The van der Waals surface area contributed by atoms with Crippen molar-refractivity contribution in [3.8, 4) is 0 Å². The van der Waals surface area contributed by atoms with Gasteiger partial charge in [-0.1, -0.05) is 36.4 Å². The van der Waals surface area contributed by atoms with Crippen LogP contribution in [0.5, 0.6) is 0 Å². The monoisotopic (exact) mass is 326 g/mol. The third-order valence-electron chi connectivity index (χ3n) is 3.30. The summed E-state index contributed by atoms with van der Waals surface area (Å²) in [6.07, 6.45) is 7.46. The molecule has 0 radical (unpaired) electrons. The topological polar surface area (TPSA) is 70.3 Å². The summed E-state index contributed by atoms with van der Waals surface area (Å²) in [6.45, 7) is 0.128. The van der Waals surface area contributed by atoms with E-state index in [4.69, 9.17) is 4.74 Å². The molecule has 0 fully saturated rings. The van der Waals surface area contributed by atoms with E-state index in [1.54, 1.807) is 6.08 Å². The molecule has 1 aromatic carbocycles. The molecular formula is C18H18N2O4. The smallest absolute Gasteiger partial charge is 0.331 e. The van der Waals surface area contributed by atoms with Crippen LogP contribution in [0.3, 0.4) is 0 Å². The van der Waals surface area contributed by atoms with Gasteiger partial charge < -0.3 is 9.30 Å². The summed E-state index contributed by atoms with van der Waals surface area (Å²) in [5.41, 5.74) is 0.353. The third-order valence-corrected chi connectivity index (χ3v) is 3.30. The molecule has 0 saturated carbocycles. The van der Waals surface area contributed by atoms with Gasteiger partial charge in [-0.25, -0.2) is 9.59 Å². The zero-order chi connectivity index (χ0) is 17.5. The van der Waals surface area contributed by atoms with Gasteiger partial charge in [0.2, 0.25) is 0 Å². The fourth-order valence-electron chi connectivity index (χ4n) is 2.04. The SMILES string of the molecule is Cn1cc(/C=C/C(=O)OC/C=C/c2ccccc2)c(=O)n(C)c1=O. The van der Waals surface area contributed by atoms with E-state index >= 15 is 0 Å². The maximum Gasteiger partial charge on any atom is 0.331 e. The van der Waals surface area contributed by atoms with Crippen LogP contribution in [0.4, 0.5) is 0 Å². The highest BCUT2D eigenvalue weighted by Gasteiger charge is 2.04. The number of hydrogen-bond donors (Lipinski definition) is 0. The van der Waals surface area contributed by atoms with E-state index < -0.39 is 17.2 Å². The Hall–Kier alpha value is -3.15. The lowest BCUT2D eigenvalue weighted by molar-refractivity contribution is -0.136. The van der Waals surface area contributed by atoms with Gasteiger partial charge >= 0.3 is 11.7 Å². The van der Waals surface area contributed by atoms with E-state index in [2.05, 4.69) is 0 Å². The molecule has 1 aromatic heterocycles. The van der Waals surface area contributed by atoms with Gasteiger partial charge in [0.05, 0.1) is 5.56 Å². The molecule has 24 heavy (non-hydrogen) atoms. The minimum absolute atomic E-state index is 0.128. The summed E-state index contributed by atoms with van der Waals surface area (Å²) in [6, 6.07) is 9.64. The number of esters is 1. The third kappa shape index (κ3) is 4.42. The van der Waals surface area contributed by atoms with Crippen molar-refractivity contribution < 1.29 is 9.53 Å². The van der Waals surface area contributed by atoms with Crippen molar-refractivity contribution in [2.24, 2.45) is 14.1 Å². The summed E-state index contributed by atoms with van der Waals surface area (Å²) >= 11 is 0. The van der Waals surface area contributed by atoms with Gasteiger partial charge in [0, 0.05) is 26.4 Å². The molecule has 0 unspecified atom stereocenters. The van der Waals surface area contributed by atoms with E-state index in [1.165, 1.54) is 30.9 Å². The van der Waals surface area contributed by atoms with E-state index in [0.29, 0.717) is 0 Å². The molecule has 0 spiro atoms. The summed E-state index contributed by atoms with van der Waals surface area (Å²) in [7, 11) is 2.92. The molecular weight excluding hydrogens is 308 g/mol. The molecule has 0 saturated heterocycles. The number of ether oxygens (including phenoxy) is 1. The molecule has 2 rings (SSSR count). The summed E-state index contributed by atoms with van der Waals surface area (Å²) in [5, 5.41) is 0. The Balaban J connectivity index is 1.95. The Kier molecular flexibility index (Phi) is 5.68. The quantitative estimate of drug-likeness (QED) is 0.614. The number of hydrogen-bond acceptors (Lipinski definition) is 4. The maximum atomic E-state index is 11.9. The van der Waals surface area contributed by atoms with E-state index in [1.807, 2.05) is 36.4 Å².